The van der Waals surface area contributed by atoms with Gasteiger partial charge in [0.15, 0.2) is 5.01 Å². The third kappa shape index (κ3) is 2.75. The number of benzene rings is 1. The van der Waals surface area contributed by atoms with Crippen LogP contribution in [0.25, 0.3) is 22.4 Å². The number of ether oxygens (including phenoxy) is 1. The van der Waals surface area contributed by atoms with E-state index in [1.54, 1.807) is 12.5 Å². The Morgan fingerprint density at radius 3 is 2.92 bits per heavy atom. The zero-order valence-electron chi connectivity index (χ0n) is 13.7. The third-order valence-corrected chi connectivity index (χ3v) is 4.67. The van der Waals surface area contributed by atoms with Crippen LogP contribution in [0.1, 0.15) is 21.2 Å². The fourth-order valence-corrected chi connectivity index (χ4v) is 3.48. The zero-order valence-corrected chi connectivity index (χ0v) is 14.5. The molecule has 7 nitrogen and oxygen atoms in total. The van der Waals surface area contributed by atoms with Crippen molar-refractivity contribution >= 4 is 28.0 Å². The van der Waals surface area contributed by atoms with Crippen LogP contribution in [-0.4, -0.2) is 37.6 Å². The fraction of sp³-hybridized carbons (Fsp3) is 0.176. The molecule has 126 valence electrons. The van der Waals surface area contributed by atoms with Gasteiger partial charge >= 0.3 is 0 Å². The van der Waals surface area contributed by atoms with Crippen LogP contribution in [0, 0.1) is 6.92 Å². The van der Waals surface area contributed by atoms with Crippen molar-refractivity contribution in [2.45, 2.75) is 13.7 Å². The van der Waals surface area contributed by atoms with Gasteiger partial charge in [0, 0.05) is 24.1 Å². The number of nitrogens with zero attached hydrogens (tertiary/aromatic N) is 4. The molecule has 0 saturated carbocycles. The quantitative estimate of drug-likeness (QED) is 0.557. The number of rotatable bonds is 5. The normalized spacial score (nSPS) is 11.3. The van der Waals surface area contributed by atoms with Crippen LogP contribution in [0.5, 0.6) is 0 Å². The maximum absolute atomic E-state index is 13.0. The summed E-state index contributed by atoms with van der Waals surface area (Å²) in [5.74, 6) is 1.09. The summed E-state index contributed by atoms with van der Waals surface area (Å²) in [7, 11) is 1.63. The standard InChI is InChI=1S/C17H15N5O2S/c1-10-18-16(21-20-10)13-8-25-17(19-13)15(23)12-7-22(9-24-2)14-6-4-3-5-11(12)14/h3-8H,9H2,1-2H3,(H,18,20,21). The Labute approximate surface area is 147 Å². The Balaban J connectivity index is 1.74. The predicted molar refractivity (Wildman–Crippen MR) is 94.6 cm³/mol. The van der Waals surface area contributed by atoms with E-state index < -0.39 is 0 Å². The molecule has 0 radical (unpaired) electrons. The highest BCUT2D eigenvalue weighted by Crippen LogP contribution is 2.26. The number of aromatic nitrogens is 5. The van der Waals surface area contributed by atoms with Crippen molar-refractivity contribution in [3.63, 3.8) is 0 Å². The first-order chi connectivity index (χ1) is 12.2. The second-order valence-electron chi connectivity index (χ2n) is 5.56. The Hall–Kier alpha value is -2.84. The van der Waals surface area contributed by atoms with E-state index in [0.29, 0.717) is 34.6 Å². The topological polar surface area (TPSA) is 85.7 Å². The number of thiazole rings is 1. The average Bonchev–Trinajstić information content (AvgIpc) is 3.33. The van der Waals surface area contributed by atoms with Crippen molar-refractivity contribution in [3.8, 4) is 11.5 Å². The Bertz CT molecular complexity index is 1060. The summed E-state index contributed by atoms with van der Waals surface area (Å²) in [5, 5.41) is 9.96. The first kappa shape index (κ1) is 15.7. The Kier molecular flexibility index (Phi) is 3.90. The van der Waals surface area contributed by atoms with Gasteiger partial charge in [-0.25, -0.2) is 9.97 Å². The Morgan fingerprint density at radius 2 is 2.16 bits per heavy atom. The monoisotopic (exact) mass is 353 g/mol. The van der Waals surface area contributed by atoms with Crippen molar-refractivity contribution in [2.24, 2.45) is 0 Å². The number of carbonyl (C=O) groups excluding carboxylic acids is 1. The first-order valence-electron chi connectivity index (χ1n) is 7.64. The number of aromatic amines is 1. The summed E-state index contributed by atoms with van der Waals surface area (Å²) in [5.41, 5.74) is 2.16. The molecule has 0 aliphatic heterocycles. The highest BCUT2D eigenvalue weighted by molar-refractivity contribution is 7.12. The predicted octanol–water partition coefficient (Wildman–Crippen LogP) is 3.03. The van der Waals surface area contributed by atoms with Gasteiger partial charge in [-0.2, -0.15) is 5.10 Å². The van der Waals surface area contributed by atoms with Gasteiger partial charge < -0.3 is 9.30 Å². The van der Waals surface area contributed by atoms with E-state index in [-0.39, 0.29) is 5.78 Å². The van der Waals surface area contributed by atoms with Gasteiger partial charge in [-0.05, 0) is 13.0 Å². The second-order valence-corrected chi connectivity index (χ2v) is 6.42. The van der Waals surface area contributed by atoms with E-state index in [1.165, 1.54) is 11.3 Å². The number of aryl methyl sites for hydroxylation is 1. The van der Waals surface area contributed by atoms with E-state index >= 15 is 0 Å². The summed E-state index contributed by atoms with van der Waals surface area (Å²) < 4.78 is 7.13. The number of fused-ring (bicyclic) bond motifs is 1. The number of hydrogen-bond donors (Lipinski definition) is 1. The number of H-pyrrole nitrogens is 1. The van der Waals surface area contributed by atoms with Crippen LogP contribution in [0.2, 0.25) is 0 Å². The fourth-order valence-electron chi connectivity index (χ4n) is 2.73. The summed E-state index contributed by atoms with van der Waals surface area (Å²) in [6.07, 6.45) is 1.81. The van der Waals surface area contributed by atoms with Crippen LogP contribution in [0.3, 0.4) is 0 Å². The molecule has 0 saturated heterocycles. The third-order valence-electron chi connectivity index (χ3n) is 3.83. The number of ketones is 1. The molecule has 4 aromatic rings. The molecule has 3 aromatic heterocycles. The van der Waals surface area contributed by atoms with Crippen LogP contribution in [-0.2, 0) is 11.5 Å². The lowest BCUT2D eigenvalue weighted by molar-refractivity contribution is 0.103. The molecule has 0 spiro atoms. The molecule has 0 fully saturated rings. The smallest absolute Gasteiger partial charge is 0.223 e. The Morgan fingerprint density at radius 1 is 1.32 bits per heavy atom. The maximum atomic E-state index is 13.0. The van der Waals surface area contributed by atoms with Gasteiger partial charge in [-0.15, -0.1) is 11.3 Å². The molecule has 0 aliphatic carbocycles. The van der Waals surface area contributed by atoms with Crippen LogP contribution < -0.4 is 0 Å². The molecule has 0 bridgehead atoms. The number of nitrogens with one attached hydrogen (secondary N) is 1. The lowest BCUT2D eigenvalue weighted by Gasteiger charge is -2.01. The minimum Gasteiger partial charge on any atom is -0.364 e. The van der Waals surface area contributed by atoms with Gasteiger partial charge in [0.2, 0.25) is 11.6 Å². The summed E-state index contributed by atoms with van der Waals surface area (Å²) >= 11 is 1.29. The van der Waals surface area contributed by atoms with Gasteiger partial charge in [-0.3, -0.25) is 9.89 Å². The van der Waals surface area contributed by atoms with Crippen LogP contribution in [0.15, 0.2) is 35.8 Å². The molecule has 1 N–H and O–H groups in total. The lowest BCUT2D eigenvalue weighted by atomic mass is 10.1. The molecule has 1 aromatic carbocycles. The van der Waals surface area contributed by atoms with Gasteiger partial charge in [0.1, 0.15) is 18.2 Å². The molecule has 0 aliphatic rings. The number of methoxy groups -OCH3 is 1. The lowest BCUT2D eigenvalue weighted by Crippen LogP contribution is -2.01. The van der Waals surface area contributed by atoms with Crippen molar-refractivity contribution in [3.05, 3.63) is 52.2 Å². The molecule has 0 unspecified atom stereocenters. The molecule has 3 heterocycles. The van der Waals surface area contributed by atoms with E-state index in [9.17, 15) is 4.79 Å². The van der Waals surface area contributed by atoms with E-state index in [1.807, 2.05) is 42.0 Å². The van der Waals surface area contributed by atoms with Crippen molar-refractivity contribution in [1.29, 1.82) is 0 Å². The largest absolute Gasteiger partial charge is 0.364 e. The van der Waals surface area contributed by atoms with E-state index in [0.717, 1.165) is 10.9 Å². The summed E-state index contributed by atoms with van der Waals surface area (Å²) in [6, 6.07) is 7.76. The SMILES string of the molecule is COCn1cc(C(=O)c2nc(-c3n[nH]c(C)n3)cs2)c2ccccc21. The second kappa shape index (κ2) is 6.23. The van der Waals surface area contributed by atoms with Crippen molar-refractivity contribution in [1.82, 2.24) is 24.7 Å². The van der Waals surface area contributed by atoms with Crippen LogP contribution in [0.4, 0.5) is 0 Å². The summed E-state index contributed by atoms with van der Waals surface area (Å²) in [4.78, 5) is 21.6. The zero-order chi connectivity index (χ0) is 17.4. The number of para-hydroxylation sites is 1. The molecular formula is C17H15N5O2S. The van der Waals surface area contributed by atoms with Gasteiger partial charge in [-0.1, -0.05) is 18.2 Å². The summed E-state index contributed by atoms with van der Waals surface area (Å²) in [6.45, 7) is 2.20. The van der Waals surface area contributed by atoms with Gasteiger partial charge in [0.05, 0.1) is 11.1 Å². The maximum Gasteiger partial charge on any atom is 0.223 e. The molecule has 25 heavy (non-hydrogen) atoms. The van der Waals surface area contributed by atoms with E-state index in [4.69, 9.17) is 4.74 Å². The molecular weight excluding hydrogens is 338 g/mol. The van der Waals surface area contributed by atoms with E-state index in [2.05, 4.69) is 20.2 Å². The number of hydrogen-bond acceptors (Lipinski definition) is 6. The highest BCUT2D eigenvalue weighted by atomic mass is 32.1. The minimum atomic E-state index is -0.116. The molecule has 0 atom stereocenters. The van der Waals surface area contributed by atoms with Crippen LogP contribution >= 0.6 is 11.3 Å². The van der Waals surface area contributed by atoms with Crippen molar-refractivity contribution < 1.29 is 9.53 Å². The average molecular weight is 353 g/mol. The first-order valence-corrected chi connectivity index (χ1v) is 8.51. The molecule has 0 amide bonds. The molecule has 8 heteroatoms. The highest BCUT2D eigenvalue weighted by Gasteiger charge is 2.20. The number of carbonyl (C=O) groups is 1. The molecule has 4 rings (SSSR count). The minimum absolute atomic E-state index is 0.116. The van der Waals surface area contributed by atoms with Gasteiger partial charge in [0.25, 0.3) is 0 Å². The van der Waals surface area contributed by atoms with Crippen molar-refractivity contribution in [2.75, 3.05) is 7.11 Å².